The fraction of sp³-hybridized carbons (Fsp3) is 0.407. The molecule has 2 amide bonds. The first-order valence-electron chi connectivity index (χ1n) is 12.1. The Kier molecular flexibility index (Phi) is 6.29. The highest BCUT2D eigenvalue weighted by molar-refractivity contribution is 6.15. The number of piperazine rings is 1. The number of fused-ring (bicyclic) bond motifs is 1. The summed E-state index contributed by atoms with van der Waals surface area (Å²) in [4.78, 5) is 33.2. The third kappa shape index (κ3) is 4.45. The molecule has 0 unspecified atom stereocenters. The normalized spacial score (nSPS) is 20.8. The number of anilines is 2. The largest absolute Gasteiger partial charge is 0.322 e. The van der Waals surface area contributed by atoms with Crippen LogP contribution in [-0.4, -0.2) is 66.4 Å². The van der Waals surface area contributed by atoms with E-state index < -0.39 is 5.54 Å². The van der Waals surface area contributed by atoms with Gasteiger partial charge in [0.15, 0.2) is 0 Å². The van der Waals surface area contributed by atoms with Crippen LogP contribution in [0.1, 0.15) is 31.2 Å². The fourth-order valence-corrected chi connectivity index (χ4v) is 5.42. The lowest BCUT2D eigenvalue weighted by atomic mass is 9.89. The molecule has 2 aromatic carbocycles. The van der Waals surface area contributed by atoms with Crippen LogP contribution < -0.4 is 10.2 Å². The molecule has 2 fully saturated rings. The summed E-state index contributed by atoms with van der Waals surface area (Å²) in [5.41, 5.74) is 2.07. The molecule has 172 valence electrons. The number of amides is 2. The monoisotopic (exact) mass is 444 g/mol. The maximum Gasteiger partial charge on any atom is 0.250 e. The van der Waals surface area contributed by atoms with Crippen LogP contribution in [-0.2, 0) is 9.59 Å². The number of carbonyl (C=O) groups is 2. The second-order valence-electron chi connectivity index (χ2n) is 9.33. The molecule has 6 heteroatoms. The summed E-state index contributed by atoms with van der Waals surface area (Å²) in [6.07, 6.45) is 7.81. The zero-order chi connectivity index (χ0) is 22.7. The van der Waals surface area contributed by atoms with Gasteiger partial charge in [-0.15, -0.1) is 0 Å². The van der Waals surface area contributed by atoms with Gasteiger partial charge in [0.1, 0.15) is 5.54 Å². The van der Waals surface area contributed by atoms with Crippen molar-refractivity contribution >= 4 is 29.3 Å². The predicted octanol–water partition coefficient (Wildman–Crippen LogP) is 3.62. The van der Waals surface area contributed by atoms with E-state index in [0.717, 1.165) is 69.8 Å². The Morgan fingerprint density at radius 2 is 1.58 bits per heavy atom. The van der Waals surface area contributed by atoms with E-state index in [4.69, 9.17) is 0 Å². The van der Waals surface area contributed by atoms with Crippen LogP contribution in [0.25, 0.3) is 6.08 Å². The fourth-order valence-electron chi connectivity index (χ4n) is 5.42. The van der Waals surface area contributed by atoms with Gasteiger partial charge in [-0.3, -0.25) is 24.3 Å². The molecule has 1 aliphatic carbocycles. The molecule has 1 N–H and O–H groups in total. The number of rotatable bonds is 5. The van der Waals surface area contributed by atoms with Crippen molar-refractivity contribution in [2.45, 2.75) is 31.2 Å². The summed E-state index contributed by atoms with van der Waals surface area (Å²) in [6, 6.07) is 18.0. The van der Waals surface area contributed by atoms with Gasteiger partial charge in [-0.2, -0.15) is 0 Å². The molecule has 2 aliphatic heterocycles. The predicted molar refractivity (Wildman–Crippen MR) is 132 cm³/mol. The van der Waals surface area contributed by atoms with E-state index in [-0.39, 0.29) is 11.8 Å². The van der Waals surface area contributed by atoms with Crippen molar-refractivity contribution in [3.63, 3.8) is 0 Å². The van der Waals surface area contributed by atoms with Crippen LogP contribution in [0.5, 0.6) is 0 Å². The molecule has 3 aliphatic rings. The minimum absolute atomic E-state index is 0.0259. The lowest BCUT2D eigenvalue weighted by molar-refractivity contribution is -0.128. The molecule has 33 heavy (non-hydrogen) atoms. The summed E-state index contributed by atoms with van der Waals surface area (Å²) in [5, 5.41) is 3.06. The minimum Gasteiger partial charge on any atom is -0.322 e. The van der Waals surface area contributed by atoms with E-state index in [1.807, 2.05) is 35.2 Å². The van der Waals surface area contributed by atoms with Crippen LogP contribution in [0.15, 0.2) is 60.7 Å². The maximum absolute atomic E-state index is 13.6. The third-order valence-electron chi connectivity index (χ3n) is 7.22. The molecule has 1 saturated heterocycles. The van der Waals surface area contributed by atoms with Gasteiger partial charge in [-0.05, 0) is 30.5 Å². The van der Waals surface area contributed by atoms with Crippen LogP contribution in [0, 0.1) is 0 Å². The minimum atomic E-state index is -0.727. The summed E-state index contributed by atoms with van der Waals surface area (Å²) < 4.78 is 0. The van der Waals surface area contributed by atoms with E-state index in [2.05, 4.69) is 51.5 Å². The number of para-hydroxylation sites is 2. The van der Waals surface area contributed by atoms with Gasteiger partial charge in [0, 0.05) is 32.7 Å². The Balaban J connectivity index is 1.22. The first-order valence-corrected chi connectivity index (χ1v) is 12.1. The van der Waals surface area contributed by atoms with Gasteiger partial charge in [0.25, 0.3) is 5.91 Å². The highest BCUT2D eigenvalue weighted by Crippen LogP contribution is 2.45. The molecule has 6 nitrogen and oxygen atoms in total. The van der Waals surface area contributed by atoms with Crippen LogP contribution in [0.2, 0.25) is 0 Å². The molecule has 1 saturated carbocycles. The van der Waals surface area contributed by atoms with Gasteiger partial charge in [0.05, 0.1) is 17.9 Å². The Labute approximate surface area is 195 Å². The van der Waals surface area contributed by atoms with Gasteiger partial charge >= 0.3 is 0 Å². The van der Waals surface area contributed by atoms with E-state index in [9.17, 15) is 9.59 Å². The van der Waals surface area contributed by atoms with Crippen molar-refractivity contribution in [3.8, 4) is 0 Å². The van der Waals surface area contributed by atoms with Crippen molar-refractivity contribution < 1.29 is 9.59 Å². The number of hydrogen-bond acceptors (Lipinski definition) is 4. The van der Waals surface area contributed by atoms with Crippen molar-refractivity contribution in [1.82, 2.24) is 9.80 Å². The van der Waals surface area contributed by atoms with Crippen molar-refractivity contribution in [1.29, 1.82) is 0 Å². The molecule has 2 heterocycles. The molecular weight excluding hydrogens is 412 g/mol. The average molecular weight is 445 g/mol. The summed E-state index contributed by atoms with van der Waals surface area (Å²) in [5.74, 6) is 0.0127. The van der Waals surface area contributed by atoms with Crippen LogP contribution in [0.4, 0.5) is 11.4 Å². The first-order chi connectivity index (χ1) is 16.2. The summed E-state index contributed by atoms with van der Waals surface area (Å²) in [7, 11) is 0. The Bertz CT molecular complexity index is 1020. The highest BCUT2D eigenvalue weighted by Gasteiger charge is 2.52. The Morgan fingerprint density at radius 1 is 0.909 bits per heavy atom. The molecular formula is C27H32N4O2. The zero-order valence-corrected chi connectivity index (χ0v) is 19.1. The second-order valence-corrected chi connectivity index (χ2v) is 9.33. The average Bonchev–Trinajstić information content (AvgIpc) is 3.32. The topological polar surface area (TPSA) is 55.9 Å². The van der Waals surface area contributed by atoms with E-state index in [1.54, 1.807) is 0 Å². The van der Waals surface area contributed by atoms with Crippen LogP contribution >= 0.6 is 0 Å². The number of benzene rings is 2. The van der Waals surface area contributed by atoms with E-state index in [1.165, 1.54) is 5.56 Å². The van der Waals surface area contributed by atoms with Gasteiger partial charge in [-0.25, -0.2) is 0 Å². The number of nitrogens with one attached hydrogen (secondary N) is 1. The lowest BCUT2D eigenvalue weighted by Crippen LogP contribution is -2.62. The number of hydrogen-bond donors (Lipinski definition) is 1. The molecule has 0 aromatic heterocycles. The van der Waals surface area contributed by atoms with Crippen molar-refractivity contribution in [2.24, 2.45) is 0 Å². The number of carbonyl (C=O) groups excluding carboxylic acids is 2. The van der Waals surface area contributed by atoms with Crippen LogP contribution in [0.3, 0.4) is 0 Å². The Morgan fingerprint density at radius 3 is 2.33 bits per heavy atom. The molecule has 2 aromatic rings. The SMILES string of the molecule is O=C(CN1CCN(C/C=C/c2ccccc2)CC1)N1c2ccccc2NC(=O)C12CCCC2. The Hall–Kier alpha value is -2.96. The second kappa shape index (κ2) is 9.49. The zero-order valence-electron chi connectivity index (χ0n) is 19.1. The lowest BCUT2D eigenvalue weighted by Gasteiger charge is -2.45. The molecule has 0 atom stereocenters. The molecule has 0 radical (unpaired) electrons. The van der Waals surface area contributed by atoms with E-state index in [0.29, 0.717) is 6.54 Å². The van der Waals surface area contributed by atoms with E-state index >= 15 is 0 Å². The number of nitrogens with zero attached hydrogens (tertiary/aromatic N) is 3. The summed E-state index contributed by atoms with van der Waals surface area (Å²) in [6.45, 7) is 4.87. The molecule has 1 spiro atoms. The standard InChI is InChI=1S/C27H32N4O2/c32-25(21-30-19-17-29(18-20-30)16-8-11-22-9-2-1-3-10-22)31-24-13-5-4-12-23(24)28-26(33)27(31)14-6-7-15-27/h1-5,8-13H,6-7,14-21H2,(H,28,33)/b11-8+. The van der Waals surface area contributed by atoms with Crippen molar-refractivity contribution in [3.05, 3.63) is 66.2 Å². The van der Waals surface area contributed by atoms with Gasteiger partial charge < -0.3 is 5.32 Å². The van der Waals surface area contributed by atoms with Gasteiger partial charge in [-0.1, -0.05) is 67.5 Å². The molecule has 5 rings (SSSR count). The third-order valence-corrected chi connectivity index (χ3v) is 7.22. The maximum atomic E-state index is 13.6. The smallest absolute Gasteiger partial charge is 0.250 e. The van der Waals surface area contributed by atoms with Crippen molar-refractivity contribution in [2.75, 3.05) is 49.5 Å². The molecule has 0 bridgehead atoms. The highest BCUT2D eigenvalue weighted by atomic mass is 16.2. The quantitative estimate of drug-likeness (QED) is 0.766. The summed E-state index contributed by atoms with van der Waals surface area (Å²) >= 11 is 0. The van der Waals surface area contributed by atoms with Gasteiger partial charge in [0.2, 0.25) is 5.91 Å². The first kappa shape index (κ1) is 21.9.